The lowest BCUT2D eigenvalue weighted by molar-refractivity contribution is 0.0674. The van der Waals surface area contributed by atoms with Gasteiger partial charge in [-0.25, -0.2) is 9.97 Å². The molecule has 1 N–H and O–H groups in total. The maximum absolute atomic E-state index is 13.1. The van der Waals surface area contributed by atoms with Crippen molar-refractivity contribution in [2.24, 2.45) is 0 Å². The number of hydrogen-bond donors (Lipinski definition) is 1. The Bertz CT molecular complexity index is 1510. The smallest absolute Gasteiger partial charge is 0.254 e. The molecule has 42 heavy (non-hydrogen) atoms. The van der Waals surface area contributed by atoms with E-state index in [1.54, 1.807) is 12.5 Å². The number of fused-ring (bicyclic) bond motifs is 1. The molecule has 7 rings (SSSR count). The lowest BCUT2D eigenvalue weighted by Crippen LogP contribution is -2.46. The van der Waals surface area contributed by atoms with Crippen LogP contribution in [0.15, 0.2) is 73.4 Å². The molecular formula is C32H36N8O2. The molecule has 1 amide bonds. The van der Waals surface area contributed by atoms with Crippen molar-refractivity contribution in [3.8, 4) is 11.7 Å². The first-order valence-corrected chi connectivity index (χ1v) is 14.8. The summed E-state index contributed by atoms with van der Waals surface area (Å²) in [6, 6.07) is 16.8. The molecule has 2 fully saturated rings. The van der Waals surface area contributed by atoms with E-state index in [4.69, 9.17) is 9.72 Å². The van der Waals surface area contributed by atoms with Crippen LogP contribution in [0.1, 0.15) is 39.9 Å². The van der Waals surface area contributed by atoms with Crippen LogP contribution in [0.3, 0.4) is 0 Å². The molecule has 1 atom stereocenters. The number of piperidine rings is 1. The highest BCUT2D eigenvalue weighted by atomic mass is 16.5. The minimum absolute atomic E-state index is 0.130. The van der Waals surface area contributed by atoms with Crippen LogP contribution in [0.2, 0.25) is 0 Å². The average Bonchev–Trinajstić information content (AvgIpc) is 3.71. The Morgan fingerprint density at radius 3 is 2.62 bits per heavy atom. The Morgan fingerprint density at radius 2 is 1.83 bits per heavy atom. The third kappa shape index (κ3) is 5.60. The van der Waals surface area contributed by atoms with Gasteiger partial charge in [-0.15, -0.1) is 0 Å². The molecule has 0 bridgehead atoms. The van der Waals surface area contributed by atoms with Gasteiger partial charge in [0.05, 0.1) is 6.54 Å². The average molecular weight is 565 g/mol. The second-order valence-electron chi connectivity index (χ2n) is 11.3. The molecule has 2 saturated heterocycles. The van der Waals surface area contributed by atoms with Crippen LogP contribution in [0, 0.1) is 0 Å². The first-order valence-electron chi connectivity index (χ1n) is 14.8. The third-order valence-corrected chi connectivity index (χ3v) is 8.55. The zero-order chi connectivity index (χ0) is 28.3. The molecular weight excluding hydrogens is 528 g/mol. The zero-order valence-corrected chi connectivity index (χ0v) is 23.7. The second-order valence-corrected chi connectivity index (χ2v) is 11.3. The molecule has 0 radical (unpaired) electrons. The van der Waals surface area contributed by atoms with E-state index in [2.05, 4.69) is 49.4 Å². The summed E-state index contributed by atoms with van der Waals surface area (Å²) in [6.45, 7) is 7.72. The fourth-order valence-corrected chi connectivity index (χ4v) is 6.17. The SMILES string of the molecule is O=C1c2cccc(OCc3ccc(CN4CCN(c5ccnc(-n6ccnc6)n5)CC4)cc3)c2CN1[C@H]1CCCNC1. The van der Waals surface area contributed by atoms with E-state index in [9.17, 15) is 4.79 Å². The predicted octanol–water partition coefficient (Wildman–Crippen LogP) is 3.27. The number of amides is 1. The maximum Gasteiger partial charge on any atom is 0.254 e. The molecule has 0 saturated carbocycles. The number of ether oxygens (including phenoxy) is 1. The van der Waals surface area contributed by atoms with Crippen LogP contribution in [-0.4, -0.2) is 80.5 Å². The van der Waals surface area contributed by atoms with Crippen LogP contribution in [0.25, 0.3) is 5.95 Å². The second kappa shape index (κ2) is 11.9. The van der Waals surface area contributed by atoms with Crippen molar-refractivity contribution < 1.29 is 9.53 Å². The molecule has 2 aromatic heterocycles. The standard InChI is InChI=1S/C32H36N8O2/c41-31-27-4-1-5-29(28(27)21-40(31)26-3-2-11-33-19-26)42-22-25-8-6-24(7-9-25)20-37-15-17-38(18-16-37)30-10-12-35-32(36-30)39-14-13-34-23-39/h1,4-10,12-14,23,26,33H,2-3,11,15-22H2/t26-/m0/s1. The Kier molecular flexibility index (Phi) is 7.55. The molecule has 10 heteroatoms. The lowest BCUT2D eigenvalue weighted by atomic mass is 10.1. The van der Waals surface area contributed by atoms with Crippen LogP contribution in [-0.2, 0) is 19.7 Å². The molecule has 2 aromatic carbocycles. The van der Waals surface area contributed by atoms with Gasteiger partial charge in [0.15, 0.2) is 0 Å². The van der Waals surface area contributed by atoms with Gasteiger partial charge in [-0.2, -0.15) is 4.98 Å². The monoisotopic (exact) mass is 564 g/mol. The number of anilines is 1. The molecule has 0 unspecified atom stereocenters. The Labute approximate surface area is 246 Å². The van der Waals surface area contributed by atoms with Crippen LogP contribution in [0.5, 0.6) is 5.75 Å². The highest BCUT2D eigenvalue weighted by Gasteiger charge is 2.35. The van der Waals surface area contributed by atoms with Gasteiger partial charge in [-0.1, -0.05) is 30.3 Å². The highest BCUT2D eigenvalue weighted by molar-refractivity contribution is 5.99. The molecule has 4 aromatic rings. The molecule has 3 aliphatic rings. The van der Waals surface area contributed by atoms with E-state index in [-0.39, 0.29) is 11.9 Å². The van der Waals surface area contributed by atoms with Gasteiger partial charge in [-0.05, 0) is 48.7 Å². The van der Waals surface area contributed by atoms with Gasteiger partial charge >= 0.3 is 0 Å². The van der Waals surface area contributed by atoms with E-state index in [0.717, 1.165) is 86.9 Å². The number of rotatable bonds is 8. The van der Waals surface area contributed by atoms with E-state index >= 15 is 0 Å². The van der Waals surface area contributed by atoms with E-state index in [1.165, 1.54) is 5.56 Å². The molecule has 10 nitrogen and oxygen atoms in total. The van der Waals surface area contributed by atoms with E-state index in [0.29, 0.717) is 19.1 Å². The summed E-state index contributed by atoms with van der Waals surface area (Å²) < 4.78 is 8.09. The van der Waals surface area contributed by atoms with Gasteiger partial charge in [0.1, 0.15) is 24.5 Å². The summed E-state index contributed by atoms with van der Waals surface area (Å²) in [5.74, 6) is 2.53. The number of imidazole rings is 1. The van der Waals surface area contributed by atoms with Crippen molar-refractivity contribution >= 4 is 11.7 Å². The normalized spacial score (nSPS) is 19.2. The van der Waals surface area contributed by atoms with E-state index in [1.807, 2.05) is 46.1 Å². The number of benzene rings is 2. The minimum atomic E-state index is 0.130. The summed E-state index contributed by atoms with van der Waals surface area (Å²) in [7, 11) is 0. The fraction of sp³-hybridized carbons (Fsp3) is 0.375. The van der Waals surface area contributed by atoms with Gasteiger partial charge < -0.3 is 19.9 Å². The van der Waals surface area contributed by atoms with Crippen molar-refractivity contribution in [1.82, 2.24) is 34.6 Å². The summed E-state index contributed by atoms with van der Waals surface area (Å²) in [6.07, 6.45) is 9.28. The zero-order valence-electron chi connectivity index (χ0n) is 23.7. The number of aromatic nitrogens is 4. The summed E-state index contributed by atoms with van der Waals surface area (Å²) in [5.41, 5.74) is 4.21. The van der Waals surface area contributed by atoms with Crippen molar-refractivity contribution in [3.05, 3.63) is 95.7 Å². The van der Waals surface area contributed by atoms with Crippen molar-refractivity contribution in [3.63, 3.8) is 0 Å². The van der Waals surface area contributed by atoms with Crippen LogP contribution >= 0.6 is 0 Å². The number of carbonyl (C=O) groups excluding carboxylic acids is 1. The highest BCUT2D eigenvalue weighted by Crippen LogP contribution is 2.33. The van der Waals surface area contributed by atoms with Gasteiger partial charge in [-0.3, -0.25) is 14.3 Å². The summed E-state index contributed by atoms with van der Waals surface area (Å²) in [4.78, 5) is 33.1. The molecule has 5 heterocycles. The lowest BCUT2D eigenvalue weighted by Gasteiger charge is -2.35. The Hall–Kier alpha value is -4.28. The number of hydrogen-bond acceptors (Lipinski definition) is 8. The Balaban J connectivity index is 0.916. The number of nitrogens with zero attached hydrogens (tertiary/aromatic N) is 7. The minimum Gasteiger partial charge on any atom is -0.489 e. The largest absolute Gasteiger partial charge is 0.489 e. The first kappa shape index (κ1) is 26.6. The molecule has 0 spiro atoms. The van der Waals surface area contributed by atoms with Gasteiger partial charge in [0, 0.05) is 75.0 Å². The quantitative estimate of drug-likeness (QED) is 0.349. The topological polar surface area (TPSA) is 91.6 Å². The van der Waals surface area contributed by atoms with E-state index < -0.39 is 0 Å². The Morgan fingerprint density at radius 1 is 0.976 bits per heavy atom. The maximum atomic E-state index is 13.1. The summed E-state index contributed by atoms with van der Waals surface area (Å²) >= 11 is 0. The molecule has 216 valence electrons. The van der Waals surface area contributed by atoms with Gasteiger partial charge in [0.2, 0.25) is 5.95 Å². The van der Waals surface area contributed by atoms with Crippen LogP contribution < -0.4 is 15.0 Å². The fourth-order valence-electron chi connectivity index (χ4n) is 6.17. The van der Waals surface area contributed by atoms with Crippen molar-refractivity contribution in [2.45, 2.75) is 38.6 Å². The predicted molar refractivity (Wildman–Crippen MR) is 160 cm³/mol. The molecule has 3 aliphatic heterocycles. The van der Waals surface area contributed by atoms with Crippen molar-refractivity contribution in [1.29, 1.82) is 0 Å². The van der Waals surface area contributed by atoms with Gasteiger partial charge in [0.25, 0.3) is 5.91 Å². The summed E-state index contributed by atoms with van der Waals surface area (Å²) in [5, 5.41) is 3.43. The first-order chi connectivity index (χ1) is 20.7. The third-order valence-electron chi connectivity index (χ3n) is 8.55. The van der Waals surface area contributed by atoms with Crippen LogP contribution in [0.4, 0.5) is 5.82 Å². The molecule has 0 aliphatic carbocycles. The number of piperazine rings is 1. The number of carbonyl (C=O) groups is 1. The van der Waals surface area contributed by atoms with Crippen molar-refractivity contribution in [2.75, 3.05) is 44.2 Å². The number of nitrogens with one attached hydrogen (secondary N) is 1.